The molecule has 96 valence electrons. The summed E-state index contributed by atoms with van der Waals surface area (Å²) in [5.74, 6) is 0.758. The highest BCUT2D eigenvalue weighted by Crippen LogP contribution is 2.29. The van der Waals surface area contributed by atoms with Crippen molar-refractivity contribution in [2.75, 3.05) is 6.54 Å². The van der Waals surface area contributed by atoms with Crippen molar-refractivity contribution < 1.29 is 0 Å². The molecule has 2 unspecified atom stereocenters. The molecule has 1 rings (SSSR count). The molecule has 0 aliphatic carbocycles. The monoisotopic (exact) mass is 409 g/mol. The predicted molar refractivity (Wildman–Crippen MR) is 87.3 cm³/mol. The molecule has 0 aromatic heterocycles. The Morgan fingerprint density at radius 1 is 1.35 bits per heavy atom. The number of hydrogen-bond acceptors (Lipinski definition) is 1. The fourth-order valence-electron chi connectivity index (χ4n) is 1.92. The summed E-state index contributed by atoms with van der Waals surface area (Å²) in [5, 5.41) is 3.61. The molecule has 1 aromatic carbocycles. The van der Waals surface area contributed by atoms with Gasteiger partial charge in [-0.3, -0.25) is 0 Å². The van der Waals surface area contributed by atoms with Crippen LogP contribution in [-0.4, -0.2) is 6.54 Å². The van der Waals surface area contributed by atoms with Crippen molar-refractivity contribution in [3.05, 3.63) is 31.8 Å². The molecule has 0 saturated heterocycles. The van der Waals surface area contributed by atoms with Crippen LogP contribution in [-0.2, 0) is 0 Å². The normalized spacial score (nSPS) is 14.6. The van der Waals surface area contributed by atoms with Gasteiger partial charge in [-0.05, 0) is 65.2 Å². The van der Waals surface area contributed by atoms with E-state index in [1.807, 2.05) is 0 Å². The highest BCUT2D eigenvalue weighted by atomic mass is 127. The summed E-state index contributed by atoms with van der Waals surface area (Å²) in [6, 6.07) is 7.01. The van der Waals surface area contributed by atoms with E-state index in [0.717, 1.165) is 12.5 Å². The lowest BCUT2D eigenvalue weighted by molar-refractivity contribution is 0.407. The minimum Gasteiger partial charge on any atom is -0.310 e. The summed E-state index contributed by atoms with van der Waals surface area (Å²) in [7, 11) is 0. The van der Waals surface area contributed by atoms with Crippen LogP contribution in [0.1, 0.15) is 45.2 Å². The number of rotatable bonds is 6. The second-order valence-corrected chi connectivity index (χ2v) is 6.60. The minimum atomic E-state index is 0.472. The second-order valence-electron chi connectivity index (χ2n) is 4.53. The van der Waals surface area contributed by atoms with Crippen LogP contribution in [0.2, 0.25) is 0 Å². The van der Waals surface area contributed by atoms with Gasteiger partial charge in [-0.1, -0.05) is 43.1 Å². The first kappa shape index (κ1) is 15.4. The zero-order chi connectivity index (χ0) is 12.8. The Hall–Kier alpha value is 0.390. The molecule has 2 atom stereocenters. The number of hydrogen-bond donors (Lipinski definition) is 1. The van der Waals surface area contributed by atoms with Crippen LogP contribution < -0.4 is 5.32 Å². The maximum Gasteiger partial charge on any atom is 0.0333 e. The van der Waals surface area contributed by atoms with E-state index in [1.165, 1.54) is 26.4 Å². The summed E-state index contributed by atoms with van der Waals surface area (Å²) >= 11 is 6.00. The first-order valence-electron chi connectivity index (χ1n) is 6.26. The molecule has 17 heavy (non-hydrogen) atoms. The molecular weight excluding hydrogens is 389 g/mol. The van der Waals surface area contributed by atoms with E-state index in [1.54, 1.807) is 0 Å². The van der Waals surface area contributed by atoms with Crippen molar-refractivity contribution in [1.29, 1.82) is 0 Å². The Morgan fingerprint density at radius 3 is 2.65 bits per heavy atom. The summed E-state index contributed by atoms with van der Waals surface area (Å²) in [4.78, 5) is 0. The van der Waals surface area contributed by atoms with Crippen molar-refractivity contribution in [3.63, 3.8) is 0 Å². The minimum absolute atomic E-state index is 0.472. The Balaban J connectivity index is 2.91. The summed E-state index contributed by atoms with van der Waals surface area (Å²) in [6.07, 6.45) is 2.45. The van der Waals surface area contributed by atoms with Gasteiger partial charge in [-0.15, -0.1) is 0 Å². The van der Waals surface area contributed by atoms with Gasteiger partial charge < -0.3 is 5.32 Å². The fraction of sp³-hybridized carbons (Fsp3) is 0.571. The largest absolute Gasteiger partial charge is 0.310 e. The highest BCUT2D eigenvalue weighted by molar-refractivity contribution is 14.1. The molecule has 0 amide bonds. The van der Waals surface area contributed by atoms with Gasteiger partial charge in [0.25, 0.3) is 0 Å². The van der Waals surface area contributed by atoms with Gasteiger partial charge in [-0.25, -0.2) is 0 Å². The van der Waals surface area contributed by atoms with E-state index >= 15 is 0 Å². The van der Waals surface area contributed by atoms with Crippen LogP contribution >= 0.6 is 38.5 Å². The molecular formula is C14H21BrIN. The van der Waals surface area contributed by atoms with E-state index in [4.69, 9.17) is 0 Å². The zero-order valence-electron chi connectivity index (χ0n) is 10.8. The summed E-state index contributed by atoms with van der Waals surface area (Å²) < 4.78 is 2.51. The van der Waals surface area contributed by atoms with Crippen LogP contribution in [0.15, 0.2) is 22.7 Å². The number of benzene rings is 1. The van der Waals surface area contributed by atoms with Crippen LogP contribution in [0.5, 0.6) is 0 Å². The standard InChI is InChI=1S/C14H21BrIN/c1-4-10(3)8-14(17-5-2)12-9-11(15)6-7-13(12)16/h6-7,9-10,14,17H,4-5,8H2,1-3H3. The summed E-state index contributed by atoms with van der Waals surface area (Å²) in [5.41, 5.74) is 1.42. The second kappa shape index (κ2) is 7.74. The highest BCUT2D eigenvalue weighted by Gasteiger charge is 2.16. The topological polar surface area (TPSA) is 12.0 Å². The molecule has 0 heterocycles. The Bertz CT molecular complexity index is 354. The fourth-order valence-corrected chi connectivity index (χ4v) is 3.01. The quantitative estimate of drug-likeness (QED) is 0.641. The lowest BCUT2D eigenvalue weighted by Gasteiger charge is -2.23. The zero-order valence-corrected chi connectivity index (χ0v) is 14.5. The molecule has 0 saturated carbocycles. The molecule has 0 aliphatic heterocycles. The molecule has 1 N–H and O–H groups in total. The summed E-state index contributed by atoms with van der Waals surface area (Å²) in [6.45, 7) is 7.78. The van der Waals surface area contributed by atoms with Gasteiger partial charge >= 0.3 is 0 Å². The lowest BCUT2D eigenvalue weighted by Crippen LogP contribution is -2.23. The third-order valence-electron chi connectivity index (χ3n) is 3.12. The lowest BCUT2D eigenvalue weighted by atomic mass is 9.94. The van der Waals surface area contributed by atoms with Gasteiger partial charge in [-0.2, -0.15) is 0 Å². The van der Waals surface area contributed by atoms with Gasteiger partial charge in [0.1, 0.15) is 0 Å². The van der Waals surface area contributed by atoms with Crippen LogP contribution in [0, 0.1) is 9.49 Å². The van der Waals surface area contributed by atoms with E-state index in [9.17, 15) is 0 Å². The third kappa shape index (κ3) is 4.87. The van der Waals surface area contributed by atoms with Gasteiger partial charge in [0.2, 0.25) is 0 Å². The van der Waals surface area contributed by atoms with Gasteiger partial charge in [0.15, 0.2) is 0 Å². The molecule has 0 aliphatic rings. The molecule has 0 fully saturated rings. The van der Waals surface area contributed by atoms with Crippen molar-refractivity contribution in [2.45, 2.75) is 39.7 Å². The van der Waals surface area contributed by atoms with E-state index < -0.39 is 0 Å². The molecule has 0 bridgehead atoms. The molecule has 3 heteroatoms. The SMILES string of the molecule is CCNC(CC(C)CC)c1cc(Br)ccc1I. The van der Waals surface area contributed by atoms with Crippen LogP contribution in [0.4, 0.5) is 0 Å². The van der Waals surface area contributed by atoms with E-state index in [2.05, 4.69) is 82.8 Å². The maximum atomic E-state index is 3.61. The third-order valence-corrected chi connectivity index (χ3v) is 4.59. The van der Waals surface area contributed by atoms with E-state index in [0.29, 0.717) is 6.04 Å². The predicted octanol–water partition coefficient (Wildman–Crippen LogP) is 5.14. The van der Waals surface area contributed by atoms with Gasteiger partial charge in [0, 0.05) is 14.1 Å². The molecule has 0 spiro atoms. The average Bonchev–Trinajstić information content (AvgIpc) is 2.31. The van der Waals surface area contributed by atoms with Crippen molar-refractivity contribution in [2.24, 2.45) is 5.92 Å². The Labute approximate surface area is 127 Å². The molecule has 1 aromatic rings. The molecule has 1 nitrogen and oxygen atoms in total. The Morgan fingerprint density at radius 2 is 2.06 bits per heavy atom. The first-order valence-corrected chi connectivity index (χ1v) is 8.13. The van der Waals surface area contributed by atoms with Crippen molar-refractivity contribution in [3.8, 4) is 0 Å². The first-order chi connectivity index (χ1) is 8.08. The maximum absolute atomic E-state index is 3.61. The van der Waals surface area contributed by atoms with E-state index in [-0.39, 0.29) is 0 Å². The average molecular weight is 410 g/mol. The Kier molecular flexibility index (Phi) is 7.04. The number of halogens is 2. The van der Waals surface area contributed by atoms with Crippen molar-refractivity contribution >= 4 is 38.5 Å². The van der Waals surface area contributed by atoms with Crippen LogP contribution in [0.25, 0.3) is 0 Å². The number of nitrogens with one attached hydrogen (secondary N) is 1. The smallest absolute Gasteiger partial charge is 0.0333 e. The van der Waals surface area contributed by atoms with Gasteiger partial charge in [0.05, 0.1) is 0 Å². The van der Waals surface area contributed by atoms with Crippen molar-refractivity contribution in [1.82, 2.24) is 5.32 Å². The molecule has 0 radical (unpaired) electrons. The van der Waals surface area contributed by atoms with Crippen LogP contribution in [0.3, 0.4) is 0 Å².